The molecular formula is C52H74N2O11S. The Labute approximate surface area is 393 Å². The number of aryl methyl sites for hydroxylation is 4. The summed E-state index contributed by atoms with van der Waals surface area (Å²) < 4.78 is 54.8. The van der Waals surface area contributed by atoms with E-state index in [-0.39, 0.29) is 37.0 Å². The van der Waals surface area contributed by atoms with Crippen LogP contribution in [0.25, 0.3) is 22.9 Å². The van der Waals surface area contributed by atoms with Crippen LogP contribution in [0.1, 0.15) is 112 Å². The lowest BCUT2D eigenvalue weighted by Gasteiger charge is -2.30. The van der Waals surface area contributed by atoms with Crippen LogP contribution in [0, 0.1) is 33.1 Å². The van der Waals surface area contributed by atoms with Crippen LogP contribution in [0.5, 0.6) is 0 Å². The van der Waals surface area contributed by atoms with Gasteiger partial charge < -0.3 is 41.8 Å². The number of esters is 2. The largest absolute Gasteiger partial charge is 0.465 e. The van der Waals surface area contributed by atoms with Crippen LogP contribution < -0.4 is 0 Å². The molecule has 4 aromatic rings. The summed E-state index contributed by atoms with van der Waals surface area (Å²) in [6.07, 6.45) is 15.3. The van der Waals surface area contributed by atoms with E-state index in [9.17, 15) is 9.59 Å². The fraction of sp³-hybridized carbons (Fsp3) is 0.577. The Kier molecular flexibility index (Phi) is 20.1. The van der Waals surface area contributed by atoms with E-state index < -0.39 is 21.7 Å². The fourth-order valence-electron chi connectivity index (χ4n) is 7.76. The zero-order valence-electron chi connectivity index (χ0n) is 40.8. The van der Waals surface area contributed by atoms with E-state index in [1.165, 1.54) is 11.1 Å². The lowest BCUT2D eigenvalue weighted by atomic mass is 9.94. The van der Waals surface area contributed by atoms with E-state index in [0.29, 0.717) is 50.4 Å². The number of carbonyl (C=O) groups excluding carboxylic acids is 2. The molecule has 7 rings (SSSR count). The van der Waals surface area contributed by atoms with Crippen molar-refractivity contribution in [2.24, 2.45) is 5.41 Å². The van der Waals surface area contributed by atoms with Crippen LogP contribution in [-0.2, 0) is 51.2 Å². The molecule has 0 bridgehead atoms. The van der Waals surface area contributed by atoms with E-state index in [1.807, 2.05) is 76.8 Å². The third kappa shape index (κ3) is 17.1. The van der Waals surface area contributed by atoms with Gasteiger partial charge in [0.2, 0.25) is 11.8 Å². The molecule has 4 atom stereocenters. The van der Waals surface area contributed by atoms with Crippen LogP contribution in [0.4, 0.5) is 0 Å². The van der Waals surface area contributed by atoms with Gasteiger partial charge in [0.25, 0.3) is 0 Å². The number of nitrogens with zero attached hydrogens (tertiary/aromatic N) is 2. The third-order valence-corrected chi connectivity index (χ3v) is 11.6. The predicted molar refractivity (Wildman–Crippen MR) is 258 cm³/mol. The van der Waals surface area contributed by atoms with Gasteiger partial charge in [-0.2, -0.15) is 0 Å². The number of aromatic nitrogens is 2. The highest BCUT2D eigenvalue weighted by Gasteiger charge is 2.52. The minimum Gasteiger partial charge on any atom is -0.465 e. The van der Waals surface area contributed by atoms with Gasteiger partial charge in [-0.15, -0.1) is 10.3 Å². The van der Waals surface area contributed by atoms with Crippen molar-refractivity contribution in [3.63, 3.8) is 0 Å². The van der Waals surface area contributed by atoms with E-state index >= 15 is 0 Å². The van der Waals surface area contributed by atoms with Gasteiger partial charge >= 0.3 is 11.9 Å². The first kappa shape index (κ1) is 52.7. The fourth-order valence-corrected chi connectivity index (χ4v) is 7.76. The van der Waals surface area contributed by atoms with Crippen molar-refractivity contribution < 1.29 is 51.4 Å². The molecule has 0 saturated heterocycles. The highest BCUT2D eigenvalue weighted by Crippen LogP contribution is 2.47. The standard InChI is InChI=1S/C25H33NO5.C24H31NO5.C3H10OS/c1-4-28-24(27)25(11-12-25)16-30-21-10-6-9-20(14-21)29-15-22-18(3)31-23(26-22)19-8-5-7-17(2)13-19;1-5-27-24(26)17(3)14-28-20-10-7-11-21(13-20)29-15-22-18(4)30-23(25-22)19-9-6-8-16(2)12-19;1-5(2,3)4/h5,7-8,13,20-21H,4,6,9-12,14-16H2,1-3H3;6,8-9,12,20-21H,3,5,7,10-11,13-15H2,1-2,4H3;4H,1-3H3/t2*20-,21+;/m01./s1. The van der Waals surface area contributed by atoms with Gasteiger partial charge in [0.05, 0.1) is 75.0 Å². The molecule has 2 aromatic heterocycles. The van der Waals surface area contributed by atoms with Gasteiger partial charge in [-0.3, -0.25) is 4.79 Å². The van der Waals surface area contributed by atoms with Crippen LogP contribution in [-0.4, -0.2) is 96.1 Å². The zero-order valence-corrected chi connectivity index (χ0v) is 41.6. The summed E-state index contributed by atoms with van der Waals surface area (Å²) in [5.74, 6) is 2.33. The molecule has 0 unspecified atom stereocenters. The quantitative estimate of drug-likeness (QED) is 0.0742. The van der Waals surface area contributed by atoms with E-state index in [2.05, 4.69) is 41.7 Å². The first-order chi connectivity index (χ1) is 31.4. The maximum Gasteiger partial charge on any atom is 0.335 e. The average Bonchev–Trinajstić information content (AvgIpc) is 3.85. The average molecular weight is 935 g/mol. The third-order valence-electron chi connectivity index (χ3n) is 11.6. The molecule has 66 heavy (non-hydrogen) atoms. The van der Waals surface area contributed by atoms with Crippen molar-refractivity contribution in [3.8, 4) is 22.9 Å². The summed E-state index contributed by atoms with van der Waals surface area (Å²) in [7, 11) is -1.17. The molecule has 3 aliphatic rings. The predicted octanol–water partition coefficient (Wildman–Crippen LogP) is 11.2. The number of oxazole rings is 2. The summed E-state index contributed by atoms with van der Waals surface area (Å²) >= 11 is 0. The lowest BCUT2D eigenvalue weighted by Crippen LogP contribution is -2.32. The van der Waals surface area contributed by atoms with Crippen molar-refractivity contribution in [2.75, 3.05) is 45.2 Å². The number of ether oxygens (including phenoxy) is 6. The monoisotopic (exact) mass is 935 g/mol. The SMILES string of the molecule is C=C(CO[C@@H]1CCC[C@H](OCc2nc(-c3cccc(C)c3)oc2C)C1)C(=O)OCC.CCOC(=O)C1(CO[C@@H]2CCC[C@H](OCc3nc(-c4cccc(C)c4)oc3C)C2)CC1.CS(C)(C)O. The van der Waals surface area contributed by atoms with Gasteiger partial charge in [-0.05, 0) is 149 Å². The van der Waals surface area contributed by atoms with Crippen molar-refractivity contribution in [1.29, 1.82) is 0 Å². The second-order valence-corrected chi connectivity index (χ2v) is 22.0. The van der Waals surface area contributed by atoms with Crippen LogP contribution in [0.15, 0.2) is 69.5 Å². The Balaban J connectivity index is 0.000000225. The number of hydrogen-bond donors (Lipinski definition) is 1. The van der Waals surface area contributed by atoms with Crippen LogP contribution in [0.3, 0.4) is 0 Å². The van der Waals surface area contributed by atoms with Crippen molar-refractivity contribution in [3.05, 3.63) is 94.7 Å². The summed E-state index contributed by atoms with van der Waals surface area (Å²) in [6, 6.07) is 16.3. The normalized spacial score (nSPS) is 20.2. The molecule has 0 spiro atoms. The van der Waals surface area contributed by atoms with Gasteiger partial charge in [0, 0.05) is 11.1 Å². The van der Waals surface area contributed by atoms with Crippen molar-refractivity contribution in [2.45, 2.75) is 143 Å². The summed E-state index contributed by atoms with van der Waals surface area (Å²) in [4.78, 5) is 33.1. The topological polar surface area (TPSA) is 162 Å². The molecule has 2 heterocycles. The Morgan fingerprint density at radius 3 is 1.58 bits per heavy atom. The molecule has 3 aliphatic carbocycles. The minimum atomic E-state index is -1.17. The minimum absolute atomic E-state index is 0.0520. The maximum absolute atomic E-state index is 12.1. The molecule has 0 aliphatic heterocycles. The molecule has 3 fully saturated rings. The van der Waals surface area contributed by atoms with Gasteiger partial charge in [0.1, 0.15) is 22.9 Å². The zero-order chi connectivity index (χ0) is 47.9. The molecule has 2 aromatic carbocycles. The molecule has 0 radical (unpaired) electrons. The smallest absolute Gasteiger partial charge is 0.335 e. The molecule has 14 heteroatoms. The van der Waals surface area contributed by atoms with Crippen LogP contribution in [0.2, 0.25) is 0 Å². The van der Waals surface area contributed by atoms with Gasteiger partial charge in [-0.25, -0.2) is 14.8 Å². The Hall–Kier alpha value is -4.31. The summed E-state index contributed by atoms with van der Waals surface area (Å²) in [5, 5.41) is 0. The lowest BCUT2D eigenvalue weighted by molar-refractivity contribution is -0.154. The molecular weight excluding hydrogens is 861 g/mol. The van der Waals surface area contributed by atoms with Gasteiger partial charge in [0.15, 0.2) is 0 Å². The molecule has 0 amide bonds. The molecule has 364 valence electrons. The maximum atomic E-state index is 12.1. The van der Waals surface area contributed by atoms with E-state index in [0.717, 1.165) is 98.2 Å². The van der Waals surface area contributed by atoms with Gasteiger partial charge in [-0.1, -0.05) is 42.0 Å². The number of hydrogen-bond acceptors (Lipinski definition) is 13. The molecule has 3 saturated carbocycles. The second kappa shape index (κ2) is 25.2. The number of carbonyl (C=O) groups is 2. The highest BCUT2D eigenvalue weighted by molar-refractivity contribution is 8.27. The first-order valence-electron chi connectivity index (χ1n) is 23.4. The first-order valence-corrected chi connectivity index (χ1v) is 26.2. The van der Waals surface area contributed by atoms with Crippen molar-refractivity contribution in [1.82, 2.24) is 9.97 Å². The Bertz CT molecular complexity index is 2160. The highest BCUT2D eigenvalue weighted by atomic mass is 32.3. The van der Waals surface area contributed by atoms with Crippen LogP contribution >= 0.6 is 10.3 Å². The molecule has 13 nitrogen and oxygen atoms in total. The number of benzene rings is 2. The number of rotatable bonds is 18. The molecule has 1 N–H and O–H groups in total. The van der Waals surface area contributed by atoms with Crippen molar-refractivity contribution >= 4 is 22.2 Å². The second-order valence-electron chi connectivity index (χ2n) is 18.4. The Morgan fingerprint density at radius 2 is 1.15 bits per heavy atom. The van der Waals surface area contributed by atoms with E-state index in [1.54, 1.807) is 6.92 Å². The summed E-state index contributed by atoms with van der Waals surface area (Å²) in [6.45, 7) is 17.6. The van der Waals surface area contributed by atoms with E-state index in [4.69, 9.17) is 41.8 Å². The summed E-state index contributed by atoms with van der Waals surface area (Å²) in [5.41, 5.74) is 5.92. The Morgan fingerprint density at radius 1 is 0.712 bits per heavy atom.